The van der Waals surface area contributed by atoms with Gasteiger partial charge in [-0.3, -0.25) is 9.52 Å². The van der Waals surface area contributed by atoms with Gasteiger partial charge in [-0.25, -0.2) is 8.42 Å². The molecule has 6 nitrogen and oxygen atoms in total. The highest BCUT2D eigenvalue weighted by Crippen LogP contribution is 2.27. The molecule has 0 heterocycles. The number of para-hydroxylation sites is 2. The van der Waals surface area contributed by atoms with Crippen LogP contribution in [0.3, 0.4) is 0 Å². The summed E-state index contributed by atoms with van der Waals surface area (Å²) in [5.74, 6) is 0.0275. The molecule has 3 aromatic carbocycles. The summed E-state index contributed by atoms with van der Waals surface area (Å²) >= 11 is 0. The lowest BCUT2D eigenvalue weighted by molar-refractivity contribution is 0.102. The molecule has 0 atom stereocenters. The fraction of sp³-hybridized carbons (Fsp3) is 0.174. The lowest BCUT2D eigenvalue weighted by atomic mass is 10.0. The van der Waals surface area contributed by atoms with Crippen molar-refractivity contribution in [3.05, 3.63) is 82.9 Å². The van der Waals surface area contributed by atoms with Gasteiger partial charge >= 0.3 is 0 Å². The van der Waals surface area contributed by atoms with E-state index in [4.69, 9.17) is 4.74 Å². The van der Waals surface area contributed by atoms with Crippen LogP contribution in [0.15, 0.2) is 65.6 Å². The maximum absolute atomic E-state index is 12.9. The van der Waals surface area contributed by atoms with Crippen molar-refractivity contribution in [3.8, 4) is 5.75 Å². The van der Waals surface area contributed by atoms with E-state index in [-0.39, 0.29) is 16.4 Å². The van der Waals surface area contributed by atoms with Gasteiger partial charge in [-0.2, -0.15) is 0 Å². The zero-order valence-corrected chi connectivity index (χ0v) is 18.1. The van der Waals surface area contributed by atoms with Gasteiger partial charge in [-0.05, 0) is 62.2 Å². The van der Waals surface area contributed by atoms with Gasteiger partial charge in [0.25, 0.3) is 15.9 Å². The predicted octanol–water partition coefficient (Wildman–Crippen LogP) is 4.67. The van der Waals surface area contributed by atoms with E-state index >= 15 is 0 Å². The lowest BCUT2D eigenvalue weighted by Gasteiger charge is -2.14. The van der Waals surface area contributed by atoms with Crippen LogP contribution in [0.1, 0.15) is 27.0 Å². The predicted molar refractivity (Wildman–Crippen MR) is 119 cm³/mol. The van der Waals surface area contributed by atoms with Crippen LogP contribution in [0.2, 0.25) is 0 Å². The first-order chi connectivity index (χ1) is 14.2. The molecule has 0 fully saturated rings. The third-order valence-corrected chi connectivity index (χ3v) is 6.04. The average molecular weight is 425 g/mol. The molecular formula is C23H24N2O4S. The van der Waals surface area contributed by atoms with E-state index in [2.05, 4.69) is 10.0 Å². The largest absolute Gasteiger partial charge is 0.495 e. The second kappa shape index (κ2) is 8.59. The number of ether oxygens (including phenoxy) is 1. The topological polar surface area (TPSA) is 84.5 Å². The number of hydrogen-bond donors (Lipinski definition) is 2. The summed E-state index contributed by atoms with van der Waals surface area (Å²) in [7, 11) is -2.44. The van der Waals surface area contributed by atoms with Gasteiger partial charge < -0.3 is 10.1 Å². The molecule has 2 N–H and O–H groups in total. The molecule has 3 rings (SSSR count). The van der Waals surface area contributed by atoms with Gasteiger partial charge in [0.1, 0.15) is 5.75 Å². The van der Waals surface area contributed by atoms with Gasteiger partial charge in [0.05, 0.1) is 17.7 Å². The Morgan fingerprint density at radius 2 is 1.57 bits per heavy atom. The van der Waals surface area contributed by atoms with E-state index in [1.54, 1.807) is 36.4 Å². The summed E-state index contributed by atoms with van der Waals surface area (Å²) < 4.78 is 33.4. The highest BCUT2D eigenvalue weighted by atomic mass is 32.2. The van der Waals surface area contributed by atoms with Gasteiger partial charge in [0.2, 0.25) is 0 Å². The maximum atomic E-state index is 12.9. The molecule has 30 heavy (non-hydrogen) atoms. The Kier molecular flexibility index (Phi) is 6.12. The average Bonchev–Trinajstić information content (AvgIpc) is 2.70. The van der Waals surface area contributed by atoms with Crippen molar-refractivity contribution in [2.24, 2.45) is 0 Å². The number of sulfonamides is 1. The Balaban J connectivity index is 1.88. The summed E-state index contributed by atoms with van der Waals surface area (Å²) in [5, 5.41) is 2.89. The Bertz CT molecular complexity index is 1180. The number of rotatable bonds is 6. The number of hydrogen-bond acceptors (Lipinski definition) is 4. The van der Waals surface area contributed by atoms with Crippen molar-refractivity contribution in [3.63, 3.8) is 0 Å². The quantitative estimate of drug-likeness (QED) is 0.602. The van der Waals surface area contributed by atoms with E-state index < -0.39 is 10.0 Å². The Morgan fingerprint density at radius 1 is 0.900 bits per heavy atom. The summed E-state index contributed by atoms with van der Waals surface area (Å²) in [4.78, 5) is 12.8. The molecule has 0 aliphatic carbocycles. The zero-order valence-electron chi connectivity index (χ0n) is 17.3. The Hall–Kier alpha value is -3.32. The van der Waals surface area contributed by atoms with Crippen LogP contribution in [-0.4, -0.2) is 21.4 Å². The SMILES string of the molecule is COc1ccccc1NS(=O)(=O)c1cccc(C(=O)Nc2c(C)cc(C)cc2C)c1. The maximum Gasteiger partial charge on any atom is 0.262 e. The number of carbonyl (C=O) groups is 1. The molecule has 7 heteroatoms. The lowest BCUT2D eigenvalue weighted by Crippen LogP contribution is -2.17. The molecule has 0 bridgehead atoms. The van der Waals surface area contributed by atoms with E-state index in [0.717, 1.165) is 22.4 Å². The molecule has 0 aliphatic rings. The smallest absolute Gasteiger partial charge is 0.262 e. The third-order valence-electron chi connectivity index (χ3n) is 4.67. The first-order valence-electron chi connectivity index (χ1n) is 9.36. The normalized spacial score (nSPS) is 11.1. The summed E-state index contributed by atoms with van der Waals surface area (Å²) in [6.07, 6.45) is 0. The van der Waals surface area contributed by atoms with E-state index in [1.807, 2.05) is 32.9 Å². The van der Waals surface area contributed by atoms with Crippen molar-refractivity contribution in [1.29, 1.82) is 0 Å². The van der Waals surface area contributed by atoms with Crippen molar-refractivity contribution in [2.45, 2.75) is 25.7 Å². The number of aryl methyl sites for hydroxylation is 3. The molecule has 0 aromatic heterocycles. The van der Waals surface area contributed by atoms with E-state index in [1.165, 1.54) is 19.2 Å². The number of benzene rings is 3. The first kappa shape index (κ1) is 21.4. The van der Waals surface area contributed by atoms with Gasteiger partial charge in [0, 0.05) is 11.3 Å². The van der Waals surface area contributed by atoms with Crippen molar-refractivity contribution in [1.82, 2.24) is 0 Å². The summed E-state index contributed by atoms with van der Waals surface area (Å²) in [6, 6.07) is 16.6. The summed E-state index contributed by atoms with van der Waals surface area (Å²) in [6.45, 7) is 5.84. The standard InChI is InChI=1S/C23H24N2O4S/c1-15-12-16(2)22(17(3)13-15)24-23(26)18-8-7-9-19(14-18)30(27,28)25-20-10-5-6-11-21(20)29-4/h5-14,25H,1-4H3,(H,24,26). The second-order valence-electron chi connectivity index (χ2n) is 7.06. The zero-order chi connectivity index (χ0) is 21.9. The molecule has 0 saturated carbocycles. The highest BCUT2D eigenvalue weighted by molar-refractivity contribution is 7.92. The minimum Gasteiger partial charge on any atom is -0.495 e. The Morgan fingerprint density at radius 3 is 2.23 bits per heavy atom. The van der Waals surface area contributed by atoms with Crippen LogP contribution in [0.4, 0.5) is 11.4 Å². The molecule has 3 aromatic rings. The third kappa shape index (κ3) is 4.63. The number of anilines is 2. The van der Waals surface area contributed by atoms with Gasteiger partial charge in [-0.1, -0.05) is 35.9 Å². The molecule has 0 unspecified atom stereocenters. The second-order valence-corrected chi connectivity index (χ2v) is 8.74. The minimum absolute atomic E-state index is 0.0154. The van der Waals surface area contributed by atoms with E-state index in [9.17, 15) is 13.2 Å². The Labute approximate surface area is 177 Å². The van der Waals surface area contributed by atoms with Crippen molar-refractivity contribution in [2.75, 3.05) is 17.1 Å². The van der Waals surface area contributed by atoms with E-state index in [0.29, 0.717) is 11.4 Å². The molecule has 1 amide bonds. The molecule has 0 spiro atoms. The summed E-state index contributed by atoms with van der Waals surface area (Å²) in [5.41, 5.74) is 4.30. The fourth-order valence-corrected chi connectivity index (χ4v) is 4.42. The van der Waals surface area contributed by atoms with Crippen molar-refractivity contribution < 1.29 is 17.9 Å². The van der Waals surface area contributed by atoms with Gasteiger partial charge in [0.15, 0.2) is 0 Å². The number of amides is 1. The van der Waals surface area contributed by atoms with Crippen LogP contribution < -0.4 is 14.8 Å². The van der Waals surface area contributed by atoms with Crippen LogP contribution in [0.5, 0.6) is 5.75 Å². The first-order valence-corrected chi connectivity index (χ1v) is 10.8. The fourth-order valence-electron chi connectivity index (χ4n) is 3.30. The van der Waals surface area contributed by atoms with Crippen LogP contribution in [0, 0.1) is 20.8 Å². The minimum atomic E-state index is -3.91. The molecule has 0 aliphatic heterocycles. The number of methoxy groups -OCH3 is 1. The molecule has 156 valence electrons. The van der Waals surface area contributed by atoms with Gasteiger partial charge in [-0.15, -0.1) is 0 Å². The number of carbonyl (C=O) groups excluding carboxylic acids is 1. The monoisotopic (exact) mass is 424 g/mol. The van der Waals surface area contributed by atoms with Crippen LogP contribution in [0.25, 0.3) is 0 Å². The van der Waals surface area contributed by atoms with Crippen LogP contribution in [-0.2, 0) is 10.0 Å². The van der Waals surface area contributed by atoms with Crippen molar-refractivity contribution >= 4 is 27.3 Å². The highest BCUT2D eigenvalue weighted by Gasteiger charge is 2.19. The molecule has 0 saturated heterocycles. The van der Waals surface area contributed by atoms with Crippen LogP contribution >= 0.6 is 0 Å². The number of nitrogens with one attached hydrogen (secondary N) is 2. The molecular weight excluding hydrogens is 400 g/mol. The molecule has 0 radical (unpaired) electrons.